The highest BCUT2D eigenvalue weighted by molar-refractivity contribution is 5.29. The lowest BCUT2D eigenvalue weighted by Crippen LogP contribution is -2.34. The molecule has 0 bridgehead atoms. The summed E-state index contributed by atoms with van der Waals surface area (Å²) >= 11 is 0. The Morgan fingerprint density at radius 2 is 1.81 bits per heavy atom. The summed E-state index contributed by atoms with van der Waals surface area (Å²) in [6.07, 6.45) is 0. The summed E-state index contributed by atoms with van der Waals surface area (Å²) in [7, 11) is 2.14. The van der Waals surface area contributed by atoms with Gasteiger partial charge >= 0.3 is 0 Å². The molecule has 4 heteroatoms. The number of hydrogen-bond donors (Lipinski definition) is 1. The molecular formula is C17H30N2O2. The van der Waals surface area contributed by atoms with Crippen molar-refractivity contribution in [2.45, 2.75) is 26.8 Å². The van der Waals surface area contributed by atoms with Gasteiger partial charge in [-0.15, -0.1) is 0 Å². The zero-order valence-electron chi connectivity index (χ0n) is 13.9. The molecule has 0 saturated carbocycles. The van der Waals surface area contributed by atoms with Crippen LogP contribution in [-0.4, -0.2) is 51.4 Å². The first-order chi connectivity index (χ1) is 10.2. The van der Waals surface area contributed by atoms with E-state index in [1.54, 1.807) is 0 Å². The second kappa shape index (κ2) is 10.6. The summed E-state index contributed by atoms with van der Waals surface area (Å²) < 4.78 is 10.9. The molecule has 1 unspecified atom stereocenters. The Morgan fingerprint density at radius 1 is 1.10 bits per heavy atom. The largest absolute Gasteiger partial charge is 0.494 e. The summed E-state index contributed by atoms with van der Waals surface area (Å²) in [5.41, 5.74) is 1.29. The summed E-state index contributed by atoms with van der Waals surface area (Å²) in [5, 5.41) is 3.55. The van der Waals surface area contributed by atoms with Crippen LogP contribution in [-0.2, 0) is 4.74 Å². The summed E-state index contributed by atoms with van der Waals surface area (Å²) in [4.78, 5) is 2.31. The molecule has 120 valence electrons. The smallest absolute Gasteiger partial charge is 0.119 e. The molecule has 0 aliphatic heterocycles. The summed E-state index contributed by atoms with van der Waals surface area (Å²) in [6, 6.07) is 8.72. The lowest BCUT2D eigenvalue weighted by molar-refractivity contribution is 0.119. The van der Waals surface area contributed by atoms with E-state index < -0.39 is 0 Å². The van der Waals surface area contributed by atoms with Gasteiger partial charge in [0.15, 0.2) is 0 Å². The number of ether oxygens (including phenoxy) is 2. The molecule has 0 saturated heterocycles. The quantitative estimate of drug-likeness (QED) is 0.636. The third-order valence-electron chi connectivity index (χ3n) is 3.36. The highest BCUT2D eigenvalue weighted by Gasteiger charge is 2.13. The van der Waals surface area contributed by atoms with E-state index in [-0.39, 0.29) is 0 Å². The van der Waals surface area contributed by atoms with Crippen molar-refractivity contribution >= 4 is 0 Å². The molecule has 1 N–H and O–H groups in total. The van der Waals surface area contributed by atoms with Crippen LogP contribution in [0.3, 0.4) is 0 Å². The molecule has 1 rings (SSSR count). The fourth-order valence-corrected chi connectivity index (χ4v) is 2.26. The van der Waals surface area contributed by atoms with Gasteiger partial charge in [-0.2, -0.15) is 0 Å². The first-order valence-electron chi connectivity index (χ1n) is 7.93. The van der Waals surface area contributed by atoms with Gasteiger partial charge in [-0.3, -0.25) is 0 Å². The Kier molecular flexibility index (Phi) is 9.06. The Bertz CT molecular complexity index is 368. The van der Waals surface area contributed by atoms with Gasteiger partial charge in [-0.1, -0.05) is 19.1 Å². The molecule has 0 aromatic heterocycles. The lowest BCUT2D eigenvalue weighted by atomic mass is 10.1. The van der Waals surface area contributed by atoms with Crippen LogP contribution in [0.25, 0.3) is 0 Å². The van der Waals surface area contributed by atoms with Gasteiger partial charge < -0.3 is 19.7 Å². The fourth-order valence-electron chi connectivity index (χ4n) is 2.26. The third-order valence-corrected chi connectivity index (χ3v) is 3.36. The van der Waals surface area contributed by atoms with Crippen molar-refractivity contribution in [2.75, 3.05) is 46.5 Å². The van der Waals surface area contributed by atoms with Crippen molar-refractivity contribution in [3.63, 3.8) is 0 Å². The zero-order valence-corrected chi connectivity index (χ0v) is 13.9. The van der Waals surface area contributed by atoms with Gasteiger partial charge in [-0.05, 0) is 45.1 Å². The molecule has 1 aromatic carbocycles. The van der Waals surface area contributed by atoms with E-state index in [1.807, 2.05) is 26.0 Å². The Balaban J connectivity index is 2.58. The van der Waals surface area contributed by atoms with E-state index >= 15 is 0 Å². The maximum Gasteiger partial charge on any atom is 0.119 e. The van der Waals surface area contributed by atoms with E-state index in [0.29, 0.717) is 12.6 Å². The maximum absolute atomic E-state index is 5.50. The van der Waals surface area contributed by atoms with Gasteiger partial charge in [0.05, 0.1) is 13.2 Å². The summed E-state index contributed by atoms with van der Waals surface area (Å²) in [6.45, 7) is 11.3. The molecule has 0 fully saturated rings. The Hall–Kier alpha value is -1.10. The highest BCUT2D eigenvalue weighted by atomic mass is 16.5. The minimum Gasteiger partial charge on any atom is -0.494 e. The van der Waals surface area contributed by atoms with Crippen LogP contribution in [0.4, 0.5) is 0 Å². The number of likely N-dealkylation sites (N-methyl/N-ethyl adjacent to an activating group) is 2. The van der Waals surface area contributed by atoms with Gasteiger partial charge in [0, 0.05) is 25.7 Å². The van der Waals surface area contributed by atoms with Crippen LogP contribution >= 0.6 is 0 Å². The minimum absolute atomic E-state index is 0.331. The van der Waals surface area contributed by atoms with Crippen molar-refractivity contribution in [1.29, 1.82) is 0 Å². The van der Waals surface area contributed by atoms with Crippen molar-refractivity contribution in [2.24, 2.45) is 0 Å². The molecular weight excluding hydrogens is 264 g/mol. The van der Waals surface area contributed by atoms with Crippen LogP contribution in [0.2, 0.25) is 0 Å². The molecule has 0 heterocycles. The van der Waals surface area contributed by atoms with Crippen LogP contribution in [0.1, 0.15) is 32.4 Å². The molecule has 0 aliphatic rings. The monoisotopic (exact) mass is 294 g/mol. The number of nitrogens with zero attached hydrogens (tertiary/aromatic N) is 1. The maximum atomic E-state index is 5.50. The molecule has 0 radical (unpaired) electrons. The van der Waals surface area contributed by atoms with E-state index in [9.17, 15) is 0 Å². The second-order valence-electron chi connectivity index (χ2n) is 5.07. The van der Waals surface area contributed by atoms with Gasteiger partial charge in [0.2, 0.25) is 0 Å². The molecule has 1 atom stereocenters. The first kappa shape index (κ1) is 18.0. The van der Waals surface area contributed by atoms with Crippen molar-refractivity contribution < 1.29 is 9.47 Å². The van der Waals surface area contributed by atoms with E-state index in [1.165, 1.54) is 5.56 Å². The molecule has 0 spiro atoms. The van der Waals surface area contributed by atoms with E-state index in [4.69, 9.17) is 9.47 Å². The first-order valence-corrected chi connectivity index (χ1v) is 7.93. The predicted octanol–water partition coefficient (Wildman–Crippen LogP) is 2.70. The Labute approximate surface area is 129 Å². The molecule has 0 amide bonds. The minimum atomic E-state index is 0.331. The van der Waals surface area contributed by atoms with Crippen LogP contribution in [0.15, 0.2) is 24.3 Å². The fraction of sp³-hybridized carbons (Fsp3) is 0.647. The SMILES string of the molecule is CCNC(CN(C)CCOCC)c1ccc(OCC)cc1. The van der Waals surface area contributed by atoms with Gasteiger partial charge in [-0.25, -0.2) is 0 Å². The van der Waals surface area contributed by atoms with Gasteiger partial charge in [0.1, 0.15) is 5.75 Å². The van der Waals surface area contributed by atoms with Gasteiger partial charge in [0.25, 0.3) is 0 Å². The molecule has 0 aliphatic carbocycles. The molecule has 1 aromatic rings. The van der Waals surface area contributed by atoms with Crippen molar-refractivity contribution in [3.8, 4) is 5.75 Å². The average molecular weight is 294 g/mol. The number of nitrogens with one attached hydrogen (secondary N) is 1. The van der Waals surface area contributed by atoms with Crippen LogP contribution < -0.4 is 10.1 Å². The van der Waals surface area contributed by atoms with Crippen LogP contribution in [0, 0.1) is 0 Å². The third kappa shape index (κ3) is 6.93. The summed E-state index contributed by atoms with van der Waals surface area (Å²) in [5.74, 6) is 0.932. The number of hydrogen-bond acceptors (Lipinski definition) is 4. The Morgan fingerprint density at radius 3 is 2.38 bits per heavy atom. The van der Waals surface area contributed by atoms with Crippen LogP contribution in [0.5, 0.6) is 5.75 Å². The topological polar surface area (TPSA) is 33.7 Å². The van der Waals surface area contributed by atoms with Crippen molar-refractivity contribution in [1.82, 2.24) is 10.2 Å². The zero-order chi connectivity index (χ0) is 15.5. The number of benzene rings is 1. The van der Waals surface area contributed by atoms with Crippen molar-refractivity contribution in [3.05, 3.63) is 29.8 Å². The molecule has 4 nitrogen and oxygen atoms in total. The predicted molar refractivity (Wildman–Crippen MR) is 88.0 cm³/mol. The van der Waals surface area contributed by atoms with E-state index in [0.717, 1.165) is 38.6 Å². The number of rotatable bonds is 11. The average Bonchev–Trinajstić information content (AvgIpc) is 2.48. The molecule has 21 heavy (non-hydrogen) atoms. The normalized spacial score (nSPS) is 12.6. The second-order valence-corrected chi connectivity index (χ2v) is 5.07. The standard InChI is InChI=1S/C17H30N2O2/c1-5-18-17(14-19(4)12-13-20-6-2)15-8-10-16(11-9-15)21-7-3/h8-11,17-18H,5-7,12-14H2,1-4H3. The van der Waals surface area contributed by atoms with E-state index in [2.05, 4.69) is 36.3 Å². The highest BCUT2D eigenvalue weighted by Crippen LogP contribution is 2.18. The lowest BCUT2D eigenvalue weighted by Gasteiger charge is -2.25.